The van der Waals surface area contributed by atoms with Crippen LogP contribution in [0.25, 0.3) is 33.7 Å². The van der Waals surface area contributed by atoms with E-state index >= 15 is 0 Å². The molecule has 2 aromatic carbocycles. The maximum atomic E-state index is 12.7. The highest BCUT2D eigenvalue weighted by Crippen LogP contribution is 2.33. The highest BCUT2D eigenvalue weighted by Gasteiger charge is 2.38. The lowest BCUT2D eigenvalue weighted by Crippen LogP contribution is -2.29. The maximum Gasteiger partial charge on any atom is 0.490 e. The number of alkyl halides is 3. The number of benzene rings is 2. The molecule has 5 N–H and O–H groups in total. The van der Waals surface area contributed by atoms with E-state index in [9.17, 15) is 18.0 Å². The van der Waals surface area contributed by atoms with E-state index in [-0.39, 0.29) is 5.91 Å². The molecular weight excluding hydrogens is 595 g/mol. The van der Waals surface area contributed by atoms with Gasteiger partial charge in [0.1, 0.15) is 17.1 Å². The Kier molecular flexibility index (Phi) is 8.99. The van der Waals surface area contributed by atoms with E-state index in [4.69, 9.17) is 24.8 Å². The molecule has 234 valence electrons. The van der Waals surface area contributed by atoms with Crippen molar-refractivity contribution in [2.45, 2.75) is 25.1 Å². The van der Waals surface area contributed by atoms with Gasteiger partial charge in [-0.1, -0.05) is 0 Å². The number of ether oxygens (including phenoxy) is 1. The zero-order valence-corrected chi connectivity index (χ0v) is 23.8. The normalized spacial score (nSPS) is 13.6. The molecule has 1 aliphatic rings. The van der Waals surface area contributed by atoms with Gasteiger partial charge in [-0.05, 0) is 68.4 Å². The number of oxazole rings is 1. The van der Waals surface area contributed by atoms with Crippen LogP contribution in [0, 0.1) is 0 Å². The lowest BCUT2D eigenvalue weighted by molar-refractivity contribution is -0.192. The fraction of sp³-hybridized carbons (Fsp3) is 0.233. The molecule has 0 aliphatic carbocycles. The number of pyridine rings is 1. The summed E-state index contributed by atoms with van der Waals surface area (Å²) in [6.45, 7) is 2.00. The second-order valence-corrected chi connectivity index (χ2v) is 10.0. The number of rotatable bonds is 6. The van der Waals surface area contributed by atoms with Crippen LogP contribution in [0.2, 0.25) is 0 Å². The summed E-state index contributed by atoms with van der Waals surface area (Å²) in [4.78, 5) is 30.6. The molecule has 1 amide bonds. The van der Waals surface area contributed by atoms with Gasteiger partial charge in [0.15, 0.2) is 5.58 Å². The number of nitrogens with two attached hydrogens (primary N) is 1. The first kappa shape index (κ1) is 31.0. The van der Waals surface area contributed by atoms with E-state index in [1.165, 1.54) is 0 Å². The summed E-state index contributed by atoms with van der Waals surface area (Å²) < 4.78 is 45.0. The molecule has 1 fully saturated rings. The minimum absolute atomic E-state index is 0.238. The Bertz CT molecular complexity index is 1810. The smallest absolute Gasteiger partial charge is 0.490 e. The highest BCUT2D eigenvalue weighted by molar-refractivity contribution is 6.05. The molecule has 0 unspecified atom stereocenters. The molecule has 15 heteroatoms. The molecule has 0 atom stereocenters. The number of hydrogen-bond acceptors (Lipinski definition) is 9. The quantitative estimate of drug-likeness (QED) is 0.198. The number of aromatic nitrogens is 4. The predicted octanol–water partition coefficient (Wildman–Crippen LogP) is 5.15. The van der Waals surface area contributed by atoms with Crippen LogP contribution in [-0.2, 0) is 4.79 Å². The monoisotopic (exact) mass is 623 g/mol. The van der Waals surface area contributed by atoms with Crippen LogP contribution in [0.3, 0.4) is 0 Å². The maximum absolute atomic E-state index is 12.7. The van der Waals surface area contributed by atoms with Gasteiger partial charge in [-0.2, -0.15) is 18.3 Å². The molecule has 45 heavy (non-hydrogen) atoms. The van der Waals surface area contributed by atoms with Gasteiger partial charge in [-0.25, -0.2) is 14.8 Å². The number of anilines is 2. The molecular formula is C30H28F3N7O5. The van der Waals surface area contributed by atoms with Crippen LogP contribution in [-0.4, -0.2) is 63.1 Å². The number of nitrogen functional groups attached to an aromatic ring is 1. The molecule has 12 nitrogen and oxygen atoms in total. The topological polar surface area (TPSA) is 170 Å². The van der Waals surface area contributed by atoms with Gasteiger partial charge < -0.3 is 30.6 Å². The second kappa shape index (κ2) is 13.1. The number of halogens is 3. The van der Waals surface area contributed by atoms with Crippen LogP contribution >= 0.6 is 0 Å². The van der Waals surface area contributed by atoms with Gasteiger partial charge in [0.05, 0.1) is 24.9 Å². The number of aliphatic carboxylic acids is 1. The Morgan fingerprint density at radius 3 is 2.47 bits per heavy atom. The van der Waals surface area contributed by atoms with E-state index in [1.54, 1.807) is 55.8 Å². The van der Waals surface area contributed by atoms with Crippen LogP contribution in [0.5, 0.6) is 5.75 Å². The molecule has 4 heterocycles. The lowest BCUT2D eigenvalue weighted by Gasteiger charge is -2.22. The SMILES string of the molecule is COc1ccc(C(=O)Nc2ccc3nc(-c4cc(-c5cnn(C6CCNCC6)c5)cnc4N)oc3c2)cc1.O=C(O)C(F)(F)F. The molecule has 0 spiro atoms. The number of amides is 1. The Labute approximate surface area is 254 Å². The van der Waals surface area contributed by atoms with Crippen molar-refractivity contribution in [1.82, 2.24) is 25.1 Å². The second-order valence-electron chi connectivity index (χ2n) is 10.0. The predicted molar refractivity (Wildman–Crippen MR) is 159 cm³/mol. The number of methoxy groups -OCH3 is 1. The Morgan fingerprint density at radius 2 is 1.80 bits per heavy atom. The van der Waals surface area contributed by atoms with Crippen LogP contribution in [0.4, 0.5) is 24.7 Å². The van der Waals surface area contributed by atoms with Crippen LogP contribution in [0.15, 0.2) is 71.5 Å². The Hall–Kier alpha value is -5.44. The summed E-state index contributed by atoms with van der Waals surface area (Å²) in [7, 11) is 1.58. The largest absolute Gasteiger partial charge is 0.497 e. The van der Waals surface area contributed by atoms with Gasteiger partial charge in [0.2, 0.25) is 5.89 Å². The number of carboxylic acids is 1. The van der Waals surface area contributed by atoms with Gasteiger partial charge in [0, 0.05) is 40.8 Å². The third-order valence-corrected chi connectivity index (χ3v) is 7.01. The summed E-state index contributed by atoms with van der Waals surface area (Å²) >= 11 is 0. The number of nitrogens with one attached hydrogen (secondary N) is 2. The fourth-order valence-corrected chi connectivity index (χ4v) is 4.63. The first-order valence-corrected chi connectivity index (χ1v) is 13.7. The average molecular weight is 624 g/mol. The number of carbonyl (C=O) groups excluding carboxylic acids is 1. The third kappa shape index (κ3) is 7.38. The number of carboxylic acid groups (broad SMARTS) is 1. The summed E-state index contributed by atoms with van der Waals surface area (Å²) in [6, 6.07) is 14.5. The zero-order chi connectivity index (χ0) is 32.1. The Balaban J connectivity index is 0.000000515. The average Bonchev–Trinajstić information content (AvgIpc) is 3.69. The van der Waals surface area contributed by atoms with E-state index in [1.807, 2.05) is 16.9 Å². The summed E-state index contributed by atoms with van der Waals surface area (Å²) in [6.07, 6.45) is 2.66. The van der Waals surface area contributed by atoms with Gasteiger partial charge in [0.25, 0.3) is 5.91 Å². The molecule has 0 bridgehead atoms. The third-order valence-electron chi connectivity index (χ3n) is 7.01. The number of hydrogen-bond donors (Lipinski definition) is 4. The van der Waals surface area contributed by atoms with Crippen LogP contribution in [0.1, 0.15) is 29.2 Å². The molecule has 1 aliphatic heterocycles. The van der Waals surface area contributed by atoms with Crippen molar-refractivity contribution >= 4 is 34.5 Å². The zero-order valence-electron chi connectivity index (χ0n) is 23.8. The van der Waals surface area contributed by atoms with Crippen molar-refractivity contribution in [2.75, 3.05) is 31.2 Å². The standard InChI is InChI=1S/C28H27N7O3.C2HF3O2/c1-37-22-5-2-17(3-6-22)27(36)33-20-4-7-24-25(13-20)38-28(34-24)23-12-18(14-31-26(23)29)19-15-32-35(16-19)21-8-10-30-11-9-21;3-2(4,5)1(6)7/h2-7,12-16,21,30H,8-11H2,1H3,(H2,29,31)(H,33,36);(H,6,7). The molecule has 6 rings (SSSR count). The van der Waals surface area contributed by atoms with Crippen molar-refractivity contribution in [3.63, 3.8) is 0 Å². The minimum Gasteiger partial charge on any atom is -0.497 e. The number of piperidine rings is 1. The first-order valence-electron chi connectivity index (χ1n) is 13.7. The first-order chi connectivity index (χ1) is 21.5. The van der Waals surface area contributed by atoms with Crippen molar-refractivity contribution in [3.05, 3.63) is 72.7 Å². The fourth-order valence-electron chi connectivity index (χ4n) is 4.63. The van der Waals surface area contributed by atoms with Crippen molar-refractivity contribution in [3.8, 4) is 28.3 Å². The van der Waals surface area contributed by atoms with E-state index < -0.39 is 12.1 Å². The molecule has 3 aromatic heterocycles. The molecule has 0 saturated carbocycles. The highest BCUT2D eigenvalue weighted by atomic mass is 19.4. The van der Waals surface area contributed by atoms with Crippen molar-refractivity contribution < 1.29 is 37.0 Å². The lowest BCUT2D eigenvalue weighted by atomic mass is 10.1. The van der Waals surface area contributed by atoms with E-state index in [2.05, 4.69) is 31.9 Å². The number of fused-ring (bicyclic) bond motifs is 1. The van der Waals surface area contributed by atoms with E-state index in [0.717, 1.165) is 37.1 Å². The summed E-state index contributed by atoms with van der Waals surface area (Å²) in [5.74, 6) is -1.63. The van der Waals surface area contributed by atoms with E-state index in [0.29, 0.717) is 51.4 Å². The van der Waals surface area contributed by atoms with Gasteiger partial charge in [-0.3, -0.25) is 9.48 Å². The minimum atomic E-state index is -5.08. The van der Waals surface area contributed by atoms with Gasteiger partial charge in [-0.15, -0.1) is 0 Å². The number of carbonyl (C=O) groups is 2. The van der Waals surface area contributed by atoms with Crippen molar-refractivity contribution in [1.29, 1.82) is 0 Å². The summed E-state index contributed by atoms with van der Waals surface area (Å²) in [5, 5.41) is 18.0. The summed E-state index contributed by atoms with van der Waals surface area (Å²) in [5.41, 5.74) is 10.9. The molecule has 1 saturated heterocycles. The molecule has 0 radical (unpaired) electrons. The van der Waals surface area contributed by atoms with Crippen molar-refractivity contribution in [2.24, 2.45) is 0 Å². The molecule has 5 aromatic rings. The Morgan fingerprint density at radius 1 is 1.09 bits per heavy atom. The van der Waals surface area contributed by atoms with Crippen LogP contribution < -0.4 is 21.1 Å². The number of nitrogens with zero attached hydrogens (tertiary/aromatic N) is 4. The van der Waals surface area contributed by atoms with Gasteiger partial charge >= 0.3 is 12.1 Å².